The van der Waals surface area contributed by atoms with Gasteiger partial charge in [-0.15, -0.1) is 0 Å². The Kier molecular flexibility index (Phi) is 4.00. The average Bonchev–Trinajstić information content (AvgIpc) is 2.20. The molecule has 0 fully saturated rings. The molecule has 0 saturated heterocycles. The minimum atomic E-state index is -4.49. The van der Waals surface area contributed by atoms with Gasteiger partial charge < -0.3 is 10.5 Å². The number of nitrogens with zero attached hydrogens (tertiary/aromatic N) is 2. The molecule has 2 amide bonds. The van der Waals surface area contributed by atoms with Gasteiger partial charge in [0.25, 0.3) is 0 Å². The summed E-state index contributed by atoms with van der Waals surface area (Å²) < 4.78 is 35.8. The van der Waals surface area contributed by atoms with Crippen LogP contribution in [0.5, 0.6) is 0 Å². The summed E-state index contributed by atoms with van der Waals surface area (Å²) >= 11 is 5.49. The van der Waals surface area contributed by atoms with E-state index in [4.69, 9.17) is 16.8 Å². The van der Waals surface area contributed by atoms with E-state index in [1.165, 1.54) is 6.07 Å². The van der Waals surface area contributed by atoms with Crippen LogP contribution in [0, 0.1) is 0 Å². The maximum absolute atomic E-state index is 11.8. The number of halogens is 4. The molecule has 17 heavy (non-hydrogen) atoms. The number of urea groups is 1. The van der Waals surface area contributed by atoms with Gasteiger partial charge in [0.05, 0.1) is 5.36 Å². The van der Waals surface area contributed by atoms with Gasteiger partial charge in [-0.05, 0) is 6.07 Å². The van der Waals surface area contributed by atoms with Crippen LogP contribution in [0.1, 0.15) is 0 Å². The molecule has 1 aromatic rings. The van der Waals surface area contributed by atoms with Gasteiger partial charge in [-0.25, -0.2) is 4.79 Å². The lowest BCUT2D eigenvalue weighted by Crippen LogP contribution is -2.32. The largest absolute Gasteiger partial charge is 0.428 e. The van der Waals surface area contributed by atoms with Gasteiger partial charge in [-0.2, -0.15) is 22.9 Å². The van der Waals surface area contributed by atoms with Crippen molar-refractivity contribution in [3.05, 3.63) is 28.8 Å². The predicted octanol–water partition coefficient (Wildman–Crippen LogP) is 1.55. The first-order valence-electron chi connectivity index (χ1n) is 4.25. The first kappa shape index (κ1) is 13.4. The lowest BCUT2D eigenvalue weighted by atomic mass is 10.5. The smallest absolute Gasteiger partial charge is 0.405 e. The zero-order valence-corrected chi connectivity index (χ0v) is 8.96. The normalized spacial score (nSPS) is 12.6. The summed E-state index contributed by atoms with van der Waals surface area (Å²) in [6.45, 7) is -1.46. The minimum absolute atomic E-state index is 0.0278. The molecule has 0 aliphatic rings. The van der Waals surface area contributed by atoms with E-state index in [0.717, 1.165) is 12.3 Å². The molecule has 0 aromatic carbocycles. The number of hydrogen-bond donors (Lipinski definition) is 2. The van der Waals surface area contributed by atoms with Crippen LogP contribution in [0.25, 0.3) is 0 Å². The third kappa shape index (κ3) is 4.77. The van der Waals surface area contributed by atoms with Crippen molar-refractivity contribution < 1.29 is 23.2 Å². The Morgan fingerprint density at radius 1 is 1.59 bits per heavy atom. The van der Waals surface area contributed by atoms with Gasteiger partial charge in [-0.3, -0.25) is 0 Å². The van der Waals surface area contributed by atoms with Gasteiger partial charge in [-0.1, -0.05) is 11.6 Å². The number of amides is 2. The number of carbonyl (C=O) groups excluding carboxylic acids is 1. The average molecular weight is 270 g/mol. The molecule has 0 unspecified atom stereocenters. The van der Waals surface area contributed by atoms with Gasteiger partial charge in [0.15, 0.2) is 0 Å². The van der Waals surface area contributed by atoms with Gasteiger partial charge in [0, 0.05) is 12.3 Å². The number of rotatable bonds is 1. The van der Waals surface area contributed by atoms with E-state index >= 15 is 0 Å². The molecule has 1 aromatic heterocycles. The number of pyridine rings is 1. The minimum Gasteiger partial charge on any atom is -0.428 e. The molecule has 2 N–H and O–H groups in total. The number of nitrogens with one attached hydrogen (secondary N) is 1. The molecule has 0 saturated carbocycles. The van der Waals surface area contributed by atoms with Crippen LogP contribution in [0.3, 0.4) is 0 Å². The highest BCUT2D eigenvalue weighted by Crippen LogP contribution is 2.12. The molecule has 0 aliphatic carbocycles. The zero-order valence-electron chi connectivity index (χ0n) is 8.20. The third-order valence-corrected chi connectivity index (χ3v) is 1.83. The predicted molar refractivity (Wildman–Crippen MR) is 51.6 cm³/mol. The second kappa shape index (κ2) is 5.09. The topological polar surface area (TPSA) is 66.6 Å². The zero-order chi connectivity index (χ0) is 13.1. The summed E-state index contributed by atoms with van der Waals surface area (Å²) in [4.78, 5) is 14.3. The van der Waals surface area contributed by atoms with E-state index in [-0.39, 0.29) is 10.5 Å². The van der Waals surface area contributed by atoms with E-state index in [9.17, 15) is 18.0 Å². The SMILES string of the molecule is O=C(N=c1ccn(O)c(Cl)c1)NCC(F)(F)F. The van der Waals surface area contributed by atoms with Crippen LogP contribution in [-0.2, 0) is 0 Å². The van der Waals surface area contributed by atoms with Crippen molar-refractivity contribution in [3.63, 3.8) is 0 Å². The van der Waals surface area contributed by atoms with Crippen molar-refractivity contribution in [1.29, 1.82) is 0 Å². The quantitative estimate of drug-likeness (QED) is 0.600. The number of hydrogen-bond acceptors (Lipinski definition) is 2. The molecular weight excluding hydrogens is 263 g/mol. The monoisotopic (exact) mass is 269 g/mol. The number of alkyl halides is 3. The summed E-state index contributed by atoms with van der Waals surface area (Å²) in [6.07, 6.45) is -3.40. The van der Waals surface area contributed by atoms with Gasteiger partial charge in [0.1, 0.15) is 11.7 Å². The van der Waals surface area contributed by atoms with Crippen molar-refractivity contribution in [2.75, 3.05) is 6.54 Å². The summed E-state index contributed by atoms with van der Waals surface area (Å²) in [5.41, 5.74) is 0. The summed E-state index contributed by atoms with van der Waals surface area (Å²) in [6, 6.07) is 1.18. The van der Waals surface area contributed by atoms with E-state index < -0.39 is 18.8 Å². The highest BCUT2D eigenvalue weighted by Gasteiger charge is 2.27. The van der Waals surface area contributed by atoms with Crippen LogP contribution in [-0.4, -0.2) is 28.7 Å². The standard InChI is InChI=1S/C8H7ClF3N3O2/c9-6-3-5(1-2-15(6)17)14-7(16)13-4-8(10,11)12/h1-3,17H,4H2,(H,13,16). The Balaban J connectivity index is 2.75. The van der Waals surface area contributed by atoms with E-state index in [0.29, 0.717) is 4.73 Å². The molecule has 0 aliphatic heterocycles. The fourth-order valence-electron chi connectivity index (χ4n) is 0.857. The van der Waals surface area contributed by atoms with Crippen LogP contribution < -0.4 is 10.7 Å². The molecule has 0 atom stereocenters. The van der Waals surface area contributed by atoms with E-state index in [2.05, 4.69) is 4.99 Å². The first-order chi connectivity index (χ1) is 7.78. The first-order valence-corrected chi connectivity index (χ1v) is 4.62. The Labute approximate surface area is 98.1 Å². The Bertz CT molecular complexity index is 484. The van der Waals surface area contributed by atoms with Gasteiger partial charge >= 0.3 is 12.2 Å². The van der Waals surface area contributed by atoms with Crippen LogP contribution in [0.4, 0.5) is 18.0 Å². The number of carbonyl (C=O) groups is 1. The van der Waals surface area contributed by atoms with Crippen molar-refractivity contribution >= 4 is 17.6 Å². The van der Waals surface area contributed by atoms with Crippen molar-refractivity contribution in [2.45, 2.75) is 6.18 Å². The Morgan fingerprint density at radius 3 is 2.76 bits per heavy atom. The second-order valence-electron chi connectivity index (χ2n) is 2.94. The summed E-state index contributed by atoms with van der Waals surface area (Å²) in [7, 11) is 0. The molecule has 0 radical (unpaired) electrons. The molecule has 0 spiro atoms. The van der Waals surface area contributed by atoms with Crippen molar-refractivity contribution in [3.8, 4) is 0 Å². The maximum atomic E-state index is 11.8. The molecule has 9 heteroatoms. The third-order valence-electron chi connectivity index (χ3n) is 1.54. The van der Waals surface area contributed by atoms with Crippen LogP contribution in [0.2, 0.25) is 5.15 Å². The van der Waals surface area contributed by atoms with E-state index in [1.807, 2.05) is 0 Å². The van der Waals surface area contributed by atoms with Crippen LogP contribution >= 0.6 is 11.6 Å². The van der Waals surface area contributed by atoms with E-state index in [1.54, 1.807) is 5.32 Å². The highest BCUT2D eigenvalue weighted by atomic mass is 35.5. The Morgan fingerprint density at radius 2 is 2.24 bits per heavy atom. The molecule has 5 nitrogen and oxygen atoms in total. The summed E-state index contributed by atoms with van der Waals surface area (Å²) in [5.74, 6) is 0. The molecule has 94 valence electrons. The lowest BCUT2D eigenvalue weighted by Gasteiger charge is -2.05. The fourth-order valence-corrected chi connectivity index (χ4v) is 1.02. The maximum Gasteiger partial charge on any atom is 0.405 e. The second-order valence-corrected chi connectivity index (χ2v) is 3.33. The molecule has 1 rings (SSSR count). The molecule has 0 bridgehead atoms. The number of aromatic nitrogens is 1. The highest BCUT2D eigenvalue weighted by molar-refractivity contribution is 6.29. The lowest BCUT2D eigenvalue weighted by molar-refractivity contribution is -0.122. The van der Waals surface area contributed by atoms with Gasteiger partial charge in [0.2, 0.25) is 0 Å². The molecule has 1 heterocycles. The Hall–Kier alpha value is -1.70. The van der Waals surface area contributed by atoms with Crippen molar-refractivity contribution in [2.24, 2.45) is 4.99 Å². The van der Waals surface area contributed by atoms with Crippen LogP contribution in [0.15, 0.2) is 23.3 Å². The summed E-state index contributed by atoms with van der Waals surface area (Å²) in [5, 5.41) is 10.4. The molecular formula is C8H7ClF3N3O2. The van der Waals surface area contributed by atoms with Crippen molar-refractivity contribution in [1.82, 2.24) is 10.0 Å². The fraction of sp³-hybridized carbons (Fsp3) is 0.250.